The van der Waals surface area contributed by atoms with E-state index >= 15 is 0 Å². The van der Waals surface area contributed by atoms with Gasteiger partial charge in [-0.1, -0.05) is 12.1 Å². The van der Waals surface area contributed by atoms with Gasteiger partial charge in [0.15, 0.2) is 0 Å². The van der Waals surface area contributed by atoms with E-state index in [-0.39, 0.29) is 17.9 Å². The number of hydrogen-bond donors (Lipinski definition) is 2. The summed E-state index contributed by atoms with van der Waals surface area (Å²) < 4.78 is 0. The molecule has 1 fully saturated rings. The Morgan fingerprint density at radius 2 is 1.81 bits per heavy atom. The van der Waals surface area contributed by atoms with E-state index < -0.39 is 0 Å². The predicted octanol–water partition coefficient (Wildman–Crippen LogP) is 0.760. The molecule has 0 aliphatic carbocycles. The normalized spacial score (nSPS) is 17.3. The van der Waals surface area contributed by atoms with E-state index in [0.29, 0.717) is 37.6 Å². The van der Waals surface area contributed by atoms with E-state index in [2.05, 4.69) is 10.2 Å². The van der Waals surface area contributed by atoms with E-state index in [1.54, 1.807) is 24.0 Å². The number of nitrogens with zero attached hydrogens (tertiary/aromatic N) is 2. The number of amides is 2. The van der Waals surface area contributed by atoms with Crippen LogP contribution in [-0.4, -0.2) is 53.8 Å². The van der Waals surface area contributed by atoms with Crippen LogP contribution >= 0.6 is 0 Å². The molecule has 1 heterocycles. The number of nitrogens with one attached hydrogen (secondary N) is 1. The molecule has 1 saturated heterocycles. The van der Waals surface area contributed by atoms with Crippen molar-refractivity contribution in [1.29, 1.82) is 0 Å². The van der Waals surface area contributed by atoms with Gasteiger partial charge in [-0.05, 0) is 19.1 Å². The van der Waals surface area contributed by atoms with E-state index in [9.17, 15) is 9.59 Å². The van der Waals surface area contributed by atoms with Gasteiger partial charge in [0.1, 0.15) is 0 Å². The molecule has 21 heavy (non-hydrogen) atoms. The molecule has 0 bridgehead atoms. The lowest BCUT2D eigenvalue weighted by molar-refractivity contribution is -0.131. The molecule has 0 saturated carbocycles. The average Bonchev–Trinajstić information content (AvgIpc) is 2.49. The lowest BCUT2D eigenvalue weighted by Gasteiger charge is -2.37. The van der Waals surface area contributed by atoms with Gasteiger partial charge in [-0.2, -0.15) is 0 Å². The Hall–Kier alpha value is -2.08. The van der Waals surface area contributed by atoms with Crippen LogP contribution in [0.15, 0.2) is 24.3 Å². The molecule has 0 radical (unpaired) electrons. The first kappa shape index (κ1) is 15.3. The zero-order chi connectivity index (χ0) is 15.4. The molecule has 1 aliphatic heterocycles. The SMILES string of the molecule is CC(=O)N1CCN(C(C)C(=O)Nc2ccccc2N)CC1. The maximum absolute atomic E-state index is 12.3. The minimum Gasteiger partial charge on any atom is -0.397 e. The summed E-state index contributed by atoms with van der Waals surface area (Å²) in [6.07, 6.45) is 0. The minimum atomic E-state index is -0.251. The van der Waals surface area contributed by atoms with Crippen molar-refractivity contribution in [3.8, 4) is 0 Å². The number of carbonyl (C=O) groups is 2. The van der Waals surface area contributed by atoms with Gasteiger partial charge in [0, 0.05) is 33.1 Å². The van der Waals surface area contributed by atoms with Crippen LogP contribution in [0.4, 0.5) is 11.4 Å². The van der Waals surface area contributed by atoms with Crippen molar-refractivity contribution in [3.63, 3.8) is 0 Å². The Morgan fingerprint density at radius 1 is 1.19 bits per heavy atom. The number of anilines is 2. The third-order valence-electron chi connectivity index (χ3n) is 3.91. The first-order valence-electron chi connectivity index (χ1n) is 7.14. The first-order valence-corrected chi connectivity index (χ1v) is 7.14. The zero-order valence-corrected chi connectivity index (χ0v) is 12.5. The van der Waals surface area contributed by atoms with Crippen LogP contribution in [0.25, 0.3) is 0 Å². The number of para-hydroxylation sites is 2. The Morgan fingerprint density at radius 3 is 2.38 bits per heavy atom. The van der Waals surface area contributed by atoms with Crippen LogP contribution in [-0.2, 0) is 9.59 Å². The summed E-state index contributed by atoms with van der Waals surface area (Å²) in [4.78, 5) is 27.5. The maximum atomic E-state index is 12.3. The first-order chi connectivity index (χ1) is 9.99. The Kier molecular flexibility index (Phi) is 4.80. The van der Waals surface area contributed by atoms with Crippen molar-refractivity contribution in [2.75, 3.05) is 37.2 Å². The molecule has 1 aromatic carbocycles. The summed E-state index contributed by atoms with van der Waals surface area (Å²) in [5.74, 6) is 0.00740. The molecule has 114 valence electrons. The van der Waals surface area contributed by atoms with Gasteiger partial charge in [0.05, 0.1) is 17.4 Å². The second kappa shape index (κ2) is 6.58. The molecule has 1 aliphatic rings. The Bertz CT molecular complexity index is 524. The fourth-order valence-corrected chi connectivity index (χ4v) is 2.44. The number of rotatable bonds is 3. The second-order valence-corrected chi connectivity index (χ2v) is 5.29. The molecule has 2 amide bonds. The van der Waals surface area contributed by atoms with Crippen molar-refractivity contribution in [1.82, 2.24) is 9.80 Å². The maximum Gasteiger partial charge on any atom is 0.241 e. The molecule has 3 N–H and O–H groups in total. The van der Waals surface area contributed by atoms with Crippen LogP contribution in [0.3, 0.4) is 0 Å². The molecule has 0 spiro atoms. The van der Waals surface area contributed by atoms with Crippen molar-refractivity contribution < 1.29 is 9.59 Å². The highest BCUT2D eigenvalue weighted by molar-refractivity contribution is 5.97. The molecule has 1 aromatic rings. The summed E-state index contributed by atoms with van der Waals surface area (Å²) in [5, 5.41) is 2.86. The largest absolute Gasteiger partial charge is 0.397 e. The second-order valence-electron chi connectivity index (χ2n) is 5.29. The van der Waals surface area contributed by atoms with E-state index in [0.717, 1.165) is 0 Å². The fourth-order valence-electron chi connectivity index (χ4n) is 2.44. The van der Waals surface area contributed by atoms with Gasteiger partial charge in [0.25, 0.3) is 0 Å². The molecular weight excluding hydrogens is 268 g/mol. The number of carbonyl (C=O) groups excluding carboxylic acids is 2. The number of piperazine rings is 1. The predicted molar refractivity (Wildman–Crippen MR) is 82.8 cm³/mol. The number of nitrogens with two attached hydrogens (primary N) is 1. The van der Waals surface area contributed by atoms with Crippen LogP contribution in [0.1, 0.15) is 13.8 Å². The molecule has 1 unspecified atom stereocenters. The summed E-state index contributed by atoms with van der Waals surface area (Å²) >= 11 is 0. The number of benzene rings is 1. The summed E-state index contributed by atoms with van der Waals surface area (Å²) in [5.41, 5.74) is 7.02. The third-order valence-corrected chi connectivity index (χ3v) is 3.91. The lowest BCUT2D eigenvalue weighted by atomic mass is 10.2. The van der Waals surface area contributed by atoms with Gasteiger partial charge >= 0.3 is 0 Å². The Balaban J connectivity index is 1.92. The third kappa shape index (κ3) is 3.72. The van der Waals surface area contributed by atoms with Crippen LogP contribution in [0.5, 0.6) is 0 Å². The zero-order valence-electron chi connectivity index (χ0n) is 12.5. The molecule has 2 rings (SSSR count). The van der Waals surface area contributed by atoms with Gasteiger partial charge in [-0.15, -0.1) is 0 Å². The molecular formula is C15H22N4O2. The number of nitrogen functional groups attached to an aromatic ring is 1. The van der Waals surface area contributed by atoms with Crippen LogP contribution in [0.2, 0.25) is 0 Å². The minimum absolute atomic E-state index is 0.0795. The van der Waals surface area contributed by atoms with E-state index in [1.165, 1.54) is 0 Å². The standard InChI is InChI=1S/C15H22N4O2/c1-11(18-7-9-19(10-8-18)12(2)20)15(21)17-14-6-4-3-5-13(14)16/h3-6,11H,7-10,16H2,1-2H3,(H,17,21). The average molecular weight is 290 g/mol. The summed E-state index contributed by atoms with van der Waals surface area (Å²) in [7, 11) is 0. The van der Waals surface area contributed by atoms with Gasteiger partial charge in [-0.3, -0.25) is 14.5 Å². The lowest BCUT2D eigenvalue weighted by Crippen LogP contribution is -2.53. The van der Waals surface area contributed by atoms with Crippen molar-refractivity contribution in [3.05, 3.63) is 24.3 Å². The van der Waals surface area contributed by atoms with Crippen LogP contribution in [0, 0.1) is 0 Å². The highest BCUT2D eigenvalue weighted by Crippen LogP contribution is 2.17. The Labute approximate surface area is 124 Å². The monoisotopic (exact) mass is 290 g/mol. The highest BCUT2D eigenvalue weighted by Gasteiger charge is 2.26. The molecule has 6 nitrogen and oxygen atoms in total. The highest BCUT2D eigenvalue weighted by atomic mass is 16.2. The van der Waals surface area contributed by atoms with Crippen LogP contribution < -0.4 is 11.1 Å². The summed E-state index contributed by atoms with van der Waals surface area (Å²) in [6, 6.07) is 6.95. The summed E-state index contributed by atoms with van der Waals surface area (Å²) in [6.45, 7) is 6.19. The quantitative estimate of drug-likeness (QED) is 0.806. The van der Waals surface area contributed by atoms with Gasteiger partial charge < -0.3 is 16.0 Å². The molecule has 0 aromatic heterocycles. The topological polar surface area (TPSA) is 78.7 Å². The van der Waals surface area contributed by atoms with Crippen molar-refractivity contribution in [2.45, 2.75) is 19.9 Å². The van der Waals surface area contributed by atoms with Gasteiger partial charge in [-0.25, -0.2) is 0 Å². The molecule has 1 atom stereocenters. The number of hydrogen-bond acceptors (Lipinski definition) is 4. The fraction of sp³-hybridized carbons (Fsp3) is 0.467. The van der Waals surface area contributed by atoms with Crippen molar-refractivity contribution >= 4 is 23.2 Å². The van der Waals surface area contributed by atoms with Crippen molar-refractivity contribution in [2.24, 2.45) is 0 Å². The van der Waals surface area contributed by atoms with E-state index in [1.807, 2.05) is 19.1 Å². The smallest absolute Gasteiger partial charge is 0.241 e. The van der Waals surface area contributed by atoms with Gasteiger partial charge in [0.2, 0.25) is 11.8 Å². The van der Waals surface area contributed by atoms with E-state index in [4.69, 9.17) is 5.73 Å². The molecule has 6 heteroatoms.